The van der Waals surface area contributed by atoms with Gasteiger partial charge in [0.05, 0.1) is 11.0 Å². The van der Waals surface area contributed by atoms with E-state index in [0.717, 1.165) is 29.0 Å². The normalized spacial score (nSPS) is 23.5. The average Bonchev–Trinajstić information content (AvgIpc) is 2.68. The van der Waals surface area contributed by atoms with Gasteiger partial charge < -0.3 is 10.0 Å². The Labute approximate surface area is 107 Å². The standard InChI is InChI=1S/C13H22N2OS/c1-3-11-5-4-7-15(8-6-11)13-14-9-12(17-13)10(2)16/h9-11,16H,3-8H2,1-2H3. The first-order valence-corrected chi connectivity index (χ1v) is 7.41. The molecule has 96 valence electrons. The van der Waals surface area contributed by atoms with Crippen molar-refractivity contribution in [2.75, 3.05) is 18.0 Å². The minimum absolute atomic E-state index is 0.392. The highest BCUT2D eigenvalue weighted by Gasteiger charge is 2.18. The Balaban J connectivity index is 2.01. The summed E-state index contributed by atoms with van der Waals surface area (Å²) in [5.41, 5.74) is 0. The third-order valence-corrected chi connectivity index (χ3v) is 4.85. The van der Waals surface area contributed by atoms with Gasteiger partial charge in [0.25, 0.3) is 0 Å². The molecule has 2 atom stereocenters. The first-order valence-electron chi connectivity index (χ1n) is 6.59. The molecule has 17 heavy (non-hydrogen) atoms. The summed E-state index contributed by atoms with van der Waals surface area (Å²) in [7, 11) is 0. The SMILES string of the molecule is CCC1CCCN(c2ncc(C(C)O)s2)CC1. The van der Waals surface area contributed by atoms with Gasteiger partial charge >= 0.3 is 0 Å². The summed E-state index contributed by atoms with van der Waals surface area (Å²) in [5.74, 6) is 0.885. The average molecular weight is 254 g/mol. The molecular weight excluding hydrogens is 232 g/mol. The predicted molar refractivity (Wildman–Crippen MR) is 72.6 cm³/mol. The summed E-state index contributed by atoms with van der Waals surface area (Å²) in [6.45, 7) is 6.32. The van der Waals surface area contributed by atoms with Crippen LogP contribution in [0.25, 0.3) is 0 Å². The molecule has 0 aliphatic carbocycles. The molecule has 1 aromatic rings. The molecule has 2 heterocycles. The minimum Gasteiger partial charge on any atom is -0.388 e. The van der Waals surface area contributed by atoms with E-state index in [1.54, 1.807) is 18.3 Å². The van der Waals surface area contributed by atoms with Crippen LogP contribution in [-0.2, 0) is 0 Å². The Morgan fingerprint density at radius 3 is 3.00 bits per heavy atom. The number of hydrogen-bond donors (Lipinski definition) is 1. The van der Waals surface area contributed by atoms with Crippen molar-refractivity contribution in [2.24, 2.45) is 5.92 Å². The summed E-state index contributed by atoms with van der Waals surface area (Å²) in [5, 5.41) is 10.6. The fourth-order valence-corrected chi connectivity index (χ4v) is 3.29. The number of aliphatic hydroxyl groups is 1. The van der Waals surface area contributed by atoms with E-state index in [9.17, 15) is 5.11 Å². The van der Waals surface area contributed by atoms with Crippen LogP contribution in [0.2, 0.25) is 0 Å². The molecule has 2 unspecified atom stereocenters. The minimum atomic E-state index is -0.392. The molecule has 0 aromatic carbocycles. The zero-order valence-electron chi connectivity index (χ0n) is 10.7. The van der Waals surface area contributed by atoms with Crippen molar-refractivity contribution in [2.45, 2.75) is 45.6 Å². The largest absolute Gasteiger partial charge is 0.388 e. The molecule has 0 amide bonds. The third-order valence-electron chi connectivity index (χ3n) is 3.62. The van der Waals surface area contributed by atoms with E-state index in [1.165, 1.54) is 25.7 Å². The molecule has 1 aromatic heterocycles. The van der Waals surface area contributed by atoms with Crippen LogP contribution in [0.3, 0.4) is 0 Å². The maximum atomic E-state index is 9.52. The van der Waals surface area contributed by atoms with Crippen LogP contribution in [0, 0.1) is 5.92 Å². The van der Waals surface area contributed by atoms with E-state index in [-0.39, 0.29) is 0 Å². The Bertz CT molecular complexity index is 351. The van der Waals surface area contributed by atoms with E-state index in [2.05, 4.69) is 16.8 Å². The van der Waals surface area contributed by atoms with Crippen LogP contribution in [0.4, 0.5) is 5.13 Å². The molecular formula is C13H22N2OS. The maximum absolute atomic E-state index is 9.52. The van der Waals surface area contributed by atoms with E-state index in [4.69, 9.17) is 0 Å². The molecule has 0 bridgehead atoms. The maximum Gasteiger partial charge on any atom is 0.185 e. The molecule has 4 heteroatoms. The number of nitrogens with zero attached hydrogens (tertiary/aromatic N) is 2. The second-order valence-corrected chi connectivity index (χ2v) is 5.95. The molecule has 1 aliphatic rings. The number of aromatic nitrogens is 1. The Kier molecular flexibility index (Phi) is 4.40. The van der Waals surface area contributed by atoms with Crippen molar-refractivity contribution in [1.82, 2.24) is 4.98 Å². The van der Waals surface area contributed by atoms with Crippen molar-refractivity contribution in [1.29, 1.82) is 0 Å². The van der Waals surface area contributed by atoms with Crippen molar-refractivity contribution >= 4 is 16.5 Å². The monoisotopic (exact) mass is 254 g/mol. The van der Waals surface area contributed by atoms with Crippen molar-refractivity contribution in [3.8, 4) is 0 Å². The van der Waals surface area contributed by atoms with Crippen molar-refractivity contribution in [3.63, 3.8) is 0 Å². The lowest BCUT2D eigenvalue weighted by molar-refractivity contribution is 0.203. The number of hydrogen-bond acceptors (Lipinski definition) is 4. The zero-order chi connectivity index (χ0) is 12.3. The molecule has 0 spiro atoms. The van der Waals surface area contributed by atoms with E-state index < -0.39 is 6.10 Å². The molecule has 3 nitrogen and oxygen atoms in total. The summed E-state index contributed by atoms with van der Waals surface area (Å²) < 4.78 is 0. The highest BCUT2D eigenvalue weighted by atomic mass is 32.1. The van der Waals surface area contributed by atoms with Crippen LogP contribution < -0.4 is 4.90 Å². The van der Waals surface area contributed by atoms with Crippen LogP contribution in [0.15, 0.2) is 6.20 Å². The summed E-state index contributed by atoms with van der Waals surface area (Å²) in [6.07, 6.45) is 6.61. The third kappa shape index (κ3) is 3.19. The van der Waals surface area contributed by atoms with Gasteiger partial charge in [-0.3, -0.25) is 0 Å². The second-order valence-electron chi connectivity index (χ2n) is 4.91. The number of rotatable bonds is 3. The highest BCUT2D eigenvalue weighted by Crippen LogP contribution is 2.30. The Hall–Kier alpha value is -0.610. The highest BCUT2D eigenvalue weighted by molar-refractivity contribution is 7.15. The smallest absolute Gasteiger partial charge is 0.185 e. The zero-order valence-corrected chi connectivity index (χ0v) is 11.5. The van der Waals surface area contributed by atoms with Gasteiger partial charge in [-0.15, -0.1) is 0 Å². The van der Waals surface area contributed by atoms with Gasteiger partial charge in [0, 0.05) is 19.3 Å². The quantitative estimate of drug-likeness (QED) is 0.899. The number of anilines is 1. The van der Waals surface area contributed by atoms with Crippen molar-refractivity contribution < 1.29 is 5.11 Å². The second kappa shape index (κ2) is 5.83. The first kappa shape index (κ1) is 12.8. The van der Waals surface area contributed by atoms with E-state index >= 15 is 0 Å². The van der Waals surface area contributed by atoms with Gasteiger partial charge in [-0.05, 0) is 32.1 Å². The molecule has 1 fully saturated rings. The van der Waals surface area contributed by atoms with Gasteiger partial charge in [-0.2, -0.15) is 0 Å². The number of aliphatic hydroxyl groups excluding tert-OH is 1. The molecule has 0 saturated carbocycles. The Morgan fingerprint density at radius 1 is 1.53 bits per heavy atom. The summed E-state index contributed by atoms with van der Waals surface area (Å²) >= 11 is 1.63. The van der Waals surface area contributed by atoms with Gasteiger partial charge in [0.1, 0.15) is 0 Å². The van der Waals surface area contributed by atoms with Crippen LogP contribution >= 0.6 is 11.3 Å². The lowest BCUT2D eigenvalue weighted by Gasteiger charge is -2.19. The van der Waals surface area contributed by atoms with E-state index in [1.807, 2.05) is 6.20 Å². The topological polar surface area (TPSA) is 36.4 Å². The first-order chi connectivity index (χ1) is 8.20. The molecule has 1 saturated heterocycles. The van der Waals surface area contributed by atoms with Gasteiger partial charge in [0.2, 0.25) is 0 Å². The Morgan fingerprint density at radius 2 is 2.35 bits per heavy atom. The molecule has 1 N–H and O–H groups in total. The predicted octanol–water partition coefficient (Wildman–Crippen LogP) is 3.21. The molecule has 2 rings (SSSR count). The van der Waals surface area contributed by atoms with Gasteiger partial charge in [0.15, 0.2) is 5.13 Å². The molecule has 0 radical (unpaired) electrons. The lowest BCUT2D eigenvalue weighted by atomic mass is 9.98. The molecule has 1 aliphatic heterocycles. The van der Waals surface area contributed by atoms with Gasteiger partial charge in [-0.1, -0.05) is 24.7 Å². The van der Waals surface area contributed by atoms with Crippen LogP contribution in [0.1, 0.15) is 50.5 Å². The fourth-order valence-electron chi connectivity index (χ4n) is 2.38. The van der Waals surface area contributed by atoms with Crippen molar-refractivity contribution in [3.05, 3.63) is 11.1 Å². The fraction of sp³-hybridized carbons (Fsp3) is 0.769. The summed E-state index contributed by atoms with van der Waals surface area (Å²) in [4.78, 5) is 7.79. The van der Waals surface area contributed by atoms with Crippen LogP contribution in [0.5, 0.6) is 0 Å². The van der Waals surface area contributed by atoms with Gasteiger partial charge in [-0.25, -0.2) is 4.98 Å². The van der Waals surface area contributed by atoms with E-state index in [0.29, 0.717) is 0 Å². The van der Waals surface area contributed by atoms with Crippen LogP contribution in [-0.4, -0.2) is 23.2 Å². The number of thiazole rings is 1. The summed E-state index contributed by atoms with van der Waals surface area (Å²) in [6, 6.07) is 0. The lowest BCUT2D eigenvalue weighted by Crippen LogP contribution is -2.23.